The molecular weight excluding hydrogens is 380 g/mol. The van der Waals surface area contributed by atoms with Gasteiger partial charge in [-0.3, -0.25) is 4.79 Å². The number of rotatable bonds is 5. The lowest BCUT2D eigenvalue weighted by atomic mass is 10.1. The number of ether oxygens (including phenoxy) is 2. The third-order valence-corrected chi connectivity index (χ3v) is 5.00. The molecule has 0 saturated heterocycles. The monoisotopic (exact) mass is 402 g/mol. The molecule has 0 spiro atoms. The van der Waals surface area contributed by atoms with Crippen molar-refractivity contribution in [2.45, 2.75) is 6.54 Å². The number of fused-ring (bicyclic) bond motifs is 3. The van der Waals surface area contributed by atoms with Crippen LogP contribution in [0.4, 0.5) is 0 Å². The Bertz CT molecular complexity index is 1260. The van der Waals surface area contributed by atoms with Gasteiger partial charge in [0.05, 0.1) is 19.7 Å². The zero-order chi connectivity index (χ0) is 21.3. The van der Waals surface area contributed by atoms with E-state index in [-0.39, 0.29) is 5.96 Å². The number of amides is 1. The van der Waals surface area contributed by atoms with Crippen LogP contribution in [-0.2, 0) is 6.54 Å². The normalized spacial score (nSPS) is 10.9. The predicted octanol–water partition coefficient (Wildman–Crippen LogP) is 3.27. The maximum atomic E-state index is 12.4. The standard InChI is InChI=1S/C23H22N4O3/c1-29-16-9-14(10-17(12-16)30-2)13-27-20-6-4-3-5-18(20)19-8-7-15(11-21(19)27)22(28)26-23(24)25/h3-12H,13H2,1-2H3,(H4,24,25,26,28). The van der Waals surface area contributed by atoms with Gasteiger partial charge in [0.25, 0.3) is 5.91 Å². The number of aliphatic imine (C=N–C) groups is 1. The van der Waals surface area contributed by atoms with E-state index in [0.29, 0.717) is 23.6 Å². The summed E-state index contributed by atoms with van der Waals surface area (Å²) in [7, 11) is 3.25. The predicted molar refractivity (Wildman–Crippen MR) is 118 cm³/mol. The lowest BCUT2D eigenvalue weighted by molar-refractivity contribution is 0.100. The molecule has 152 valence electrons. The quantitative estimate of drug-likeness (QED) is 0.394. The largest absolute Gasteiger partial charge is 0.497 e. The molecule has 4 N–H and O–H groups in total. The molecule has 4 aromatic rings. The zero-order valence-corrected chi connectivity index (χ0v) is 16.8. The summed E-state index contributed by atoms with van der Waals surface area (Å²) in [6.45, 7) is 0.567. The van der Waals surface area contributed by atoms with Crippen LogP contribution >= 0.6 is 0 Å². The van der Waals surface area contributed by atoms with Gasteiger partial charge in [-0.05, 0) is 35.9 Å². The molecule has 7 heteroatoms. The maximum absolute atomic E-state index is 12.4. The van der Waals surface area contributed by atoms with E-state index in [4.69, 9.17) is 20.9 Å². The van der Waals surface area contributed by atoms with Gasteiger partial charge in [0.15, 0.2) is 5.96 Å². The molecule has 1 amide bonds. The van der Waals surface area contributed by atoms with Crippen molar-refractivity contribution in [2.75, 3.05) is 14.2 Å². The van der Waals surface area contributed by atoms with Gasteiger partial charge >= 0.3 is 0 Å². The number of carbonyl (C=O) groups excluding carboxylic acids is 1. The Morgan fingerprint density at radius 1 is 0.900 bits per heavy atom. The smallest absolute Gasteiger partial charge is 0.280 e. The number of aromatic nitrogens is 1. The Morgan fingerprint density at radius 2 is 1.57 bits per heavy atom. The van der Waals surface area contributed by atoms with E-state index in [0.717, 1.165) is 27.4 Å². The molecule has 0 saturated carbocycles. The lowest BCUT2D eigenvalue weighted by Crippen LogP contribution is -2.24. The Morgan fingerprint density at radius 3 is 2.23 bits per heavy atom. The number of hydrogen-bond acceptors (Lipinski definition) is 3. The molecule has 0 atom stereocenters. The number of carbonyl (C=O) groups is 1. The third kappa shape index (κ3) is 3.53. The Hall–Kier alpha value is -4.00. The highest BCUT2D eigenvalue weighted by Gasteiger charge is 2.14. The van der Waals surface area contributed by atoms with Crippen LogP contribution in [-0.4, -0.2) is 30.7 Å². The molecule has 0 unspecified atom stereocenters. The molecule has 30 heavy (non-hydrogen) atoms. The highest BCUT2D eigenvalue weighted by Crippen LogP contribution is 2.32. The lowest BCUT2D eigenvalue weighted by Gasteiger charge is -2.11. The second-order valence-electron chi connectivity index (χ2n) is 6.90. The van der Waals surface area contributed by atoms with Crippen molar-refractivity contribution in [3.05, 3.63) is 71.8 Å². The van der Waals surface area contributed by atoms with Crippen molar-refractivity contribution in [2.24, 2.45) is 16.5 Å². The van der Waals surface area contributed by atoms with E-state index < -0.39 is 5.91 Å². The number of hydrogen-bond donors (Lipinski definition) is 2. The third-order valence-electron chi connectivity index (χ3n) is 5.00. The topological polar surface area (TPSA) is 105 Å². The van der Waals surface area contributed by atoms with Crippen molar-refractivity contribution in [1.82, 2.24) is 4.57 Å². The van der Waals surface area contributed by atoms with Crippen molar-refractivity contribution in [3.8, 4) is 11.5 Å². The summed E-state index contributed by atoms with van der Waals surface area (Å²) in [6, 6.07) is 19.4. The zero-order valence-electron chi connectivity index (χ0n) is 16.8. The molecule has 0 aliphatic rings. The van der Waals surface area contributed by atoms with Gasteiger partial charge < -0.3 is 25.5 Å². The average Bonchev–Trinajstić information content (AvgIpc) is 3.06. The van der Waals surface area contributed by atoms with Gasteiger partial charge in [0.2, 0.25) is 0 Å². The van der Waals surface area contributed by atoms with E-state index in [2.05, 4.69) is 21.7 Å². The number of para-hydroxylation sites is 1. The number of guanidine groups is 1. The fourth-order valence-corrected chi connectivity index (χ4v) is 3.67. The number of benzene rings is 3. The molecule has 3 aromatic carbocycles. The van der Waals surface area contributed by atoms with E-state index in [9.17, 15) is 4.79 Å². The van der Waals surface area contributed by atoms with Crippen molar-refractivity contribution < 1.29 is 14.3 Å². The number of methoxy groups -OCH3 is 2. The van der Waals surface area contributed by atoms with Gasteiger partial charge in [0.1, 0.15) is 11.5 Å². The summed E-state index contributed by atoms with van der Waals surface area (Å²) in [5.74, 6) is 0.698. The summed E-state index contributed by atoms with van der Waals surface area (Å²) >= 11 is 0. The SMILES string of the molecule is COc1cc(Cn2c3ccccc3c3ccc(C(=O)N=C(N)N)cc32)cc(OC)c1. The molecule has 0 aliphatic heterocycles. The van der Waals surface area contributed by atoms with E-state index >= 15 is 0 Å². The highest BCUT2D eigenvalue weighted by molar-refractivity contribution is 6.11. The molecule has 0 aliphatic carbocycles. The number of nitrogens with zero attached hydrogens (tertiary/aromatic N) is 2. The maximum Gasteiger partial charge on any atom is 0.280 e. The van der Waals surface area contributed by atoms with E-state index in [1.54, 1.807) is 20.3 Å². The molecule has 0 bridgehead atoms. The van der Waals surface area contributed by atoms with Crippen LogP contribution < -0.4 is 20.9 Å². The highest BCUT2D eigenvalue weighted by atomic mass is 16.5. The Balaban J connectivity index is 1.91. The van der Waals surface area contributed by atoms with Crippen LogP contribution in [0.25, 0.3) is 21.8 Å². The molecular formula is C23H22N4O3. The van der Waals surface area contributed by atoms with Crippen LogP contribution in [0.5, 0.6) is 11.5 Å². The Kier molecular flexibility index (Phi) is 5.02. The molecule has 0 radical (unpaired) electrons. The summed E-state index contributed by atoms with van der Waals surface area (Å²) in [5, 5.41) is 2.14. The van der Waals surface area contributed by atoms with Gasteiger partial charge in [-0.25, -0.2) is 0 Å². The summed E-state index contributed by atoms with van der Waals surface area (Å²) in [6.07, 6.45) is 0. The average molecular weight is 402 g/mol. The molecule has 7 nitrogen and oxygen atoms in total. The van der Waals surface area contributed by atoms with Crippen LogP contribution in [0.15, 0.2) is 65.7 Å². The molecule has 4 rings (SSSR count). The summed E-state index contributed by atoms with van der Waals surface area (Å²) in [4.78, 5) is 16.0. The molecule has 1 heterocycles. The minimum Gasteiger partial charge on any atom is -0.497 e. The number of nitrogens with two attached hydrogens (primary N) is 2. The second kappa shape index (κ2) is 7.79. The van der Waals surface area contributed by atoms with Crippen molar-refractivity contribution in [3.63, 3.8) is 0 Å². The summed E-state index contributed by atoms with van der Waals surface area (Å²) in [5.41, 5.74) is 14.1. The minimum absolute atomic E-state index is 0.260. The molecule has 0 fully saturated rings. The summed E-state index contributed by atoms with van der Waals surface area (Å²) < 4.78 is 13.0. The van der Waals surface area contributed by atoms with Crippen LogP contribution in [0.2, 0.25) is 0 Å². The van der Waals surface area contributed by atoms with Crippen LogP contribution in [0.3, 0.4) is 0 Å². The van der Waals surface area contributed by atoms with E-state index in [1.165, 1.54) is 0 Å². The van der Waals surface area contributed by atoms with Crippen molar-refractivity contribution in [1.29, 1.82) is 0 Å². The van der Waals surface area contributed by atoms with Gasteiger partial charge in [0, 0.05) is 34.5 Å². The fourth-order valence-electron chi connectivity index (χ4n) is 3.67. The van der Waals surface area contributed by atoms with Gasteiger partial charge in [-0.1, -0.05) is 24.3 Å². The van der Waals surface area contributed by atoms with Crippen LogP contribution in [0, 0.1) is 0 Å². The fraction of sp³-hybridized carbons (Fsp3) is 0.130. The second-order valence-corrected chi connectivity index (χ2v) is 6.90. The molecule has 1 aromatic heterocycles. The first-order chi connectivity index (χ1) is 14.5. The van der Waals surface area contributed by atoms with Gasteiger partial charge in [-0.15, -0.1) is 0 Å². The van der Waals surface area contributed by atoms with Crippen LogP contribution in [0.1, 0.15) is 15.9 Å². The van der Waals surface area contributed by atoms with Crippen molar-refractivity contribution >= 4 is 33.7 Å². The Labute approximate surface area is 173 Å². The first-order valence-corrected chi connectivity index (χ1v) is 9.37. The van der Waals surface area contributed by atoms with Gasteiger partial charge in [-0.2, -0.15) is 4.99 Å². The van der Waals surface area contributed by atoms with E-state index in [1.807, 2.05) is 42.5 Å². The first-order valence-electron chi connectivity index (χ1n) is 9.37. The minimum atomic E-state index is -0.475. The first kappa shape index (κ1) is 19.3.